The average molecular weight is 356 g/mol. The molecule has 6 nitrogen and oxygen atoms in total. The lowest BCUT2D eigenvalue weighted by atomic mass is 10.2. The van der Waals surface area contributed by atoms with E-state index in [1.165, 1.54) is 19.2 Å². The number of halogens is 2. The predicted octanol–water partition coefficient (Wildman–Crippen LogP) is 2.08. The Bertz CT molecular complexity index is 625. The van der Waals surface area contributed by atoms with E-state index < -0.39 is 6.61 Å². The minimum Gasteiger partial charge on any atom is -0.493 e. The Morgan fingerprint density at radius 3 is 2.60 bits per heavy atom. The summed E-state index contributed by atoms with van der Waals surface area (Å²) < 4.78 is 33.9. The average Bonchev–Trinajstić information content (AvgIpc) is 3.30. The molecule has 2 N–H and O–H groups in total. The van der Waals surface area contributed by atoms with Gasteiger partial charge in [0.1, 0.15) is 0 Å². The van der Waals surface area contributed by atoms with Crippen LogP contribution in [-0.2, 0) is 16.1 Å². The van der Waals surface area contributed by atoms with Gasteiger partial charge in [-0.1, -0.05) is 13.0 Å². The highest BCUT2D eigenvalue weighted by atomic mass is 19.3. The van der Waals surface area contributed by atoms with Crippen LogP contribution in [0.25, 0.3) is 0 Å². The van der Waals surface area contributed by atoms with E-state index >= 15 is 0 Å². The molecule has 1 aliphatic carbocycles. The van der Waals surface area contributed by atoms with Crippen molar-refractivity contribution in [1.29, 1.82) is 0 Å². The largest absolute Gasteiger partial charge is 0.493 e. The fourth-order valence-electron chi connectivity index (χ4n) is 2.42. The summed E-state index contributed by atoms with van der Waals surface area (Å²) in [5.41, 5.74) is 0.683. The number of alkyl halides is 2. The number of amides is 2. The molecule has 25 heavy (non-hydrogen) atoms. The maximum Gasteiger partial charge on any atom is 0.387 e. The Morgan fingerprint density at radius 1 is 1.28 bits per heavy atom. The number of hydrogen-bond donors (Lipinski definition) is 2. The smallest absolute Gasteiger partial charge is 0.387 e. The van der Waals surface area contributed by atoms with E-state index in [0.717, 1.165) is 6.42 Å². The van der Waals surface area contributed by atoms with Gasteiger partial charge in [0.05, 0.1) is 7.11 Å². The molecule has 1 aliphatic rings. The number of nitrogens with one attached hydrogen (secondary N) is 2. The Labute approximate surface area is 144 Å². The molecule has 2 unspecified atom stereocenters. The van der Waals surface area contributed by atoms with Crippen LogP contribution in [0.1, 0.15) is 25.3 Å². The van der Waals surface area contributed by atoms with Crippen molar-refractivity contribution >= 4 is 11.8 Å². The monoisotopic (exact) mass is 356 g/mol. The third-order valence-corrected chi connectivity index (χ3v) is 4.03. The first-order valence-electron chi connectivity index (χ1n) is 8.06. The first-order valence-corrected chi connectivity index (χ1v) is 8.06. The SMILES string of the molecule is COc1cc(CNC(=O)CCNC(=O)C2CC2C)ccc1OC(F)F. The summed E-state index contributed by atoms with van der Waals surface area (Å²) in [4.78, 5) is 23.4. The highest BCUT2D eigenvalue weighted by Crippen LogP contribution is 2.37. The molecule has 0 aromatic heterocycles. The van der Waals surface area contributed by atoms with Crippen molar-refractivity contribution in [2.75, 3.05) is 13.7 Å². The molecular weight excluding hydrogens is 334 g/mol. The number of carbonyl (C=O) groups excluding carboxylic acids is 2. The molecule has 2 atom stereocenters. The second kappa shape index (κ2) is 8.64. The van der Waals surface area contributed by atoms with Gasteiger partial charge in [0.15, 0.2) is 11.5 Å². The standard InChI is InChI=1S/C17H22F2N2O4/c1-10-7-12(10)16(23)20-6-5-15(22)21-9-11-3-4-13(25-17(18)19)14(8-11)24-2/h3-4,8,10,12,17H,5-7,9H2,1-2H3,(H,20,23)(H,21,22). The highest BCUT2D eigenvalue weighted by molar-refractivity contribution is 5.82. The predicted molar refractivity (Wildman–Crippen MR) is 86.4 cm³/mol. The summed E-state index contributed by atoms with van der Waals surface area (Å²) in [6.45, 7) is -0.410. The number of rotatable bonds is 9. The summed E-state index contributed by atoms with van der Waals surface area (Å²) in [5, 5.41) is 5.44. The van der Waals surface area contributed by atoms with Crippen LogP contribution >= 0.6 is 0 Å². The van der Waals surface area contributed by atoms with Crippen LogP contribution < -0.4 is 20.1 Å². The van der Waals surface area contributed by atoms with Crippen molar-refractivity contribution < 1.29 is 27.8 Å². The van der Waals surface area contributed by atoms with Crippen molar-refractivity contribution in [3.05, 3.63) is 23.8 Å². The highest BCUT2D eigenvalue weighted by Gasteiger charge is 2.38. The first kappa shape index (κ1) is 19.0. The molecule has 1 aromatic carbocycles. The second-order valence-corrected chi connectivity index (χ2v) is 6.00. The summed E-state index contributed by atoms with van der Waals surface area (Å²) in [5.74, 6) is 0.406. The van der Waals surface area contributed by atoms with E-state index in [2.05, 4.69) is 15.4 Å². The van der Waals surface area contributed by atoms with Crippen LogP contribution in [0.15, 0.2) is 18.2 Å². The number of carbonyl (C=O) groups is 2. The third-order valence-electron chi connectivity index (χ3n) is 4.03. The van der Waals surface area contributed by atoms with E-state index in [0.29, 0.717) is 18.0 Å². The minimum absolute atomic E-state index is 0.000319. The zero-order valence-corrected chi connectivity index (χ0v) is 14.2. The van der Waals surface area contributed by atoms with Crippen molar-refractivity contribution in [2.45, 2.75) is 32.9 Å². The van der Waals surface area contributed by atoms with Gasteiger partial charge in [0.25, 0.3) is 0 Å². The Hall–Kier alpha value is -2.38. The van der Waals surface area contributed by atoms with Crippen molar-refractivity contribution in [3.63, 3.8) is 0 Å². The summed E-state index contributed by atoms with van der Waals surface area (Å²) in [7, 11) is 1.35. The van der Waals surface area contributed by atoms with Crippen molar-refractivity contribution in [1.82, 2.24) is 10.6 Å². The zero-order chi connectivity index (χ0) is 18.4. The summed E-state index contributed by atoms with van der Waals surface area (Å²) >= 11 is 0. The lowest BCUT2D eigenvalue weighted by Gasteiger charge is -2.12. The molecule has 1 fully saturated rings. The molecule has 1 aromatic rings. The molecule has 0 radical (unpaired) electrons. The number of benzene rings is 1. The molecule has 2 amide bonds. The lowest BCUT2D eigenvalue weighted by Crippen LogP contribution is -2.31. The van der Waals surface area contributed by atoms with Gasteiger partial charge in [-0.15, -0.1) is 0 Å². The van der Waals surface area contributed by atoms with Crippen molar-refractivity contribution in [3.8, 4) is 11.5 Å². The summed E-state index contributed by atoms with van der Waals surface area (Å²) in [6, 6.07) is 4.45. The van der Waals surface area contributed by atoms with Gasteiger partial charge in [-0.3, -0.25) is 9.59 Å². The van der Waals surface area contributed by atoms with Gasteiger partial charge in [-0.2, -0.15) is 8.78 Å². The first-order chi connectivity index (χ1) is 11.9. The van der Waals surface area contributed by atoms with Crippen LogP contribution in [0.2, 0.25) is 0 Å². The van der Waals surface area contributed by atoms with Gasteiger partial charge in [0, 0.05) is 25.4 Å². The van der Waals surface area contributed by atoms with E-state index in [4.69, 9.17) is 4.74 Å². The van der Waals surface area contributed by atoms with Crippen LogP contribution in [0, 0.1) is 11.8 Å². The van der Waals surface area contributed by atoms with Gasteiger partial charge < -0.3 is 20.1 Å². The molecule has 0 heterocycles. The molecule has 138 valence electrons. The molecule has 0 bridgehead atoms. The van der Waals surface area contributed by atoms with E-state index in [1.54, 1.807) is 6.07 Å². The summed E-state index contributed by atoms with van der Waals surface area (Å²) in [6.07, 6.45) is 1.09. The van der Waals surface area contributed by atoms with Crippen LogP contribution in [0.5, 0.6) is 11.5 Å². The molecule has 2 rings (SSSR count). The fraction of sp³-hybridized carbons (Fsp3) is 0.529. The maximum atomic E-state index is 12.3. The number of methoxy groups -OCH3 is 1. The van der Waals surface area contributed by atoms with Gasteiger partial charge in [0.2, 0.25) is 11.8 Å². The van der Waals surface area contributed by atoms with E-state index in [-0.39, 0.29) is 42.2 Å². The molecule has 1 saturated carbocycles. The topological polar surface area (TPSA) is 76.7 Å². The van der Waals surface area contributed by atoms with Gasteiger partial charge >= 0.3 is 6.61 Å². The second-order valence-electron chi connectivity index (χ2n) is 6.00. The maximum absolute atomic E-state index is 12.3. The van der Waals surface area contributed by atoms with Gasteiger partial charge in [-0.05, 0) is 30.0 Å². The van der Waals surface area contributed by atoms with Crippen molar-refractivity contribution in [2.24, 2.45) is 11.8 Å². The molecular formula is C17H22F2N2O4. The lowest BCUT2D eigenvalue weighted by molar-refractivity contribution is -0.123. The number of ether oxygens (including phenoxy) is 2. The third kappa shape index (κ3) is 5.88. The Morgan fingerprint density at radius 2 is 2.00 bits per heavy atom. The number of hydrogen-bond acceptors (Lipinski definition) is 4. The quantitative estimate of drug-likeness (QED) is 0.710. The fourth-order valence-corrected chi connectivity index (χ4v) is 2.42. The minimum atomic E-state index is -2.94. The normalized spacial score (nSPS) is 18.6. The molecule has 0 spiro atoms. The van der Waals surface area contributed by atoms with Crippen LogP contribution in [0.3, 0.4) is 0 Å². The van der Waals surface area contributed by atoms with E-state index in [9.17, 15) is 18.4 Å². The van der Waals surface area contributed by atoms with Gasteiger partial charge in [-0.25, -0.2) is 0 Å². The van der Waals surface area contributed by atoms with E-state index in [1.807, 2.05) is 6.92 Å². The molecule has 8 heteroatoms. The Kier molecular flexibility index (Phi) is 6.55. The van der Waals surface area contributed by atoms with Crippen LogP contribution in [-0.4, -0.2) is 32.1 Å². The molecule has 0 saturated heterocycles. The Balaban J connectivity index is 1.74. The van der Waals surface area contributed by atoms with Crippen LogP contribution in [0.4, 0.5) is 8.78 Å². The zero-order valence-electron chi connectivity index (χ0n) is 14.2. The molecule has 0 aliphatic heterocycles.